The van der Waals surface area contributed by atoms with Gasteiger partial charge in [-0.05, 0) is 18.2 Å². The number of hydrogen-bond donors (Lipinski definition) is 3. The summed E-state index contributed by atoms with van der Waals surface area (Å²) < 4.78 is 25.6. The molecule has 3 N–H and O–H groups in total. The Morgan fingerprint density at radius 1 is 1.37 bits per heavy atom. The van der Waals surface area contributed by atoms with Gasteiger partial charge in [-0.1, -0.05) is 11.6 Å². The van der Waals surface area contributed by atoms with E-state index in [-0.39, 0.29) is 15.5 Å². The summed E-state index contributed by atoms with van der Waals surface area (Å²) >= 11 is 5.67. The summed E-state index contributed by atoms with van der Waals surface area (Å²) in [5.41, 5.74) is -0.202. The number of nitrogens with one attached hydrogen (secondary N) is 2. The molecule has 0 saturated carbocycles. The highest BCUT2D eigenvalue weighted by Gasteiger charge is 2.18. The molecule has 0 aliphatic heterocycles. The fourth-order valence-corrected chi connectivity index (χ4v) is 2.50. The normalized spacial score (nSPS) is 11.1. The first-order valence-corrected chi connectivity index (χ1v) is 6.87. The van der Waals surface area contributed by atoms with Crippen molar-refractivity contribution in [2.24, 2.45) is 0 Å². The number of hydrogen-bond acceptors (Lipinski definition) is 4. The number of likely N-dealkylation sites (N-methyl/N-ethyl adjacent to an activating group) is 1. The molecule has 1 amide bonds. The van der Waals surface area contributed by atoms with Crippen molar-refractivity contribution in [3.8, 4) is 0 Å². The molecule has 0 aliphatic carbocycles. The maximum absolute atomic E-state index is 11.8. The SMILES string of the molecule is CNC(=O)CNS(=O)(=O)c1ccc(C(=O)O)c(Cl)c1. The number of benzene rings is 1. The minimum atomic E-state index is -3.92. The standard InChI is InChI=1S/C10H11ClN2O5S/c1-12-9(14)5-13-19(17,18)6-2-3-7(10(15)16)8(11)4-6/h2-4,13H,5H2,1H3,(H,12,14)(H,15,16). The maximum atomic E-state index is 11.8. The molecule has 0 unspecified atom stereocenters. The molecule has 0 atom stereocenters. The topological polar surface area (TPSA) is 113 Å². The predicted octanol–water partition coefficient (Wildman–Crippen LogP) is 0.0625. The number of carboxylic acid groups (broad SMARTS) is 1. The summed E-state index contributed by atoms with van der Waals surface area (Å²) in [5, 5.41) is 10.8. The van der Waals surface area contributed by atoms with Gasteiger partial charge in [-0.2, -0.15) is 0 Å². The van der Waals surface area contributed by atoms with Crippen LogP contribution in [0.25, 0.3) is 0 Å². The molecule has 104 valence electrons. The van der Waals surface area contributed by atoms with Crippen LogP contribution >= 0.6 is 11.6 Å². The second-order valence-corrected chi connectivity index (χ2v) is 5.62. The minimum absolute atomic E-state index is 0.199. The number of carboxylic acids is 1. The zero-order valence-electron chi connectivity index (χ0n) is 9.81. The zero-order chi connectivity index (χ0) is 14.6. The fraction of sp³-hybridized carbons (Fsp3) is 0.200. The lowest BCUT2D eigenvalue weighted by atomic mass is 10.2. The molecular weight excluding hydrogens is 296 g/mol. The predicted molar refractivity (Wildman–Crippen MR) is 67.7 cm³/mol. The Hall–Kier alpha value is -1.64. The highest BCUT2D eigenvalue weighted by atomic mass is 35.5. The smallest absolute Gasteiger partial charge is 0.337 e. The van der Waals surface area contributed by atoms with E-state index in [0.29, 0.717) is 0 Å². The van der Waals surface area contributed by atoms with Crippen LogP contribution in [0.15, 0.2) is 23.1 Å². The van der Waals surface area contributed by atoms with Gasteiger partial charge in [0.25, 0.3) is 0 Å². The van der Waals surface area contributed by atoms with E-state index >= 15 is 0 Å². The summed E-state index contributed by atoms with van der Waals surface area (Å²) in [6.07, 6.45) is 0. The molecule has 0 radical (unpaired) electrons. The summed E-state index contributed by atoms with van der Waals surface area (Å²) in [4.78, 5) is 21.5. The van der Waals surface area contributed by atoms with Crippen LogP contribution in [0.1, 0.15) is 10.4 Å². The number of sulfonamides is 1. The van der Waals surface area contributed by atoms with Gasteiger partial charge in [0, 0.05) is 7.05 Å². The van der Waals surface area contributed by atoms with Crippen molar-refractivity contribution < 1.29 is 23.1 Å². The lowest BCUT2D eigenvalue weighted by Crippen LogP contribution is -2.35. The Morgan fingerprint density at radius 3 is 2.47 bits per heavy atom. The summed E-state index contributed by atoms with van der Waals surface area (Å²) in [6.45, 7) is -0.420. The Balaban J connectivity index is 3.00. The van der Waals surface area contributed by atoms with Gasteiger partial charge >= 0.3 is 5.97 Å². The quantitative estimate of drug-likeness (QED) is 0.712. The van der Waals surface area contributed by atoms with Gasteiger partial charge in [-0.3, -0.25) is 4.79 Å². The number of carbonyl (C=O) groups is 2. The average Bonchev–Trinajstić information content (AvgIpc) is 2.35. The molecule has 0 aliphatic rings. The average molecular weight is 307 g/mol. The Labute approximate surface area is 114 Å². The Morgan fingerprint density at radius 2 is 2.00 bits per heavy atom. The van der Waals surface area contributed by atoms with E-state index in [1.807, 2.05) is 0 Å². The highest BCUT2D eigenvalue weighted by molar-refractivity contribution is 7.89. The van der Waals surface area contributed by atoms with Gasteiger partial charge in [0.05, 0.1) is 22.0 Å². The molecule has 1 rings (SSSR count). The van der Waals surface area contributed by atoms with Gasteiger partial charge < -0.3 is 10.4 Å². The minimum Gasteiger partial charge on any atom is -0.478 e. The fourth-order valence-electron chi connectivity index (χ4n) is 1.17. The van der Waals surface area contributed by atoms with Crippen LogP contribution in [0.3, 0.4) is 0 Å². The molecule has 0 heterocycles. The number of amides is 1. The second-order valence-electron chi connectivity index (χ2n) is 3.44. The van der Waals surface area contributed by atoms with Gasteiger partial charge in [0.2, 0.25) is 15.9 Å². The molecule has 0 saturated heterocycles. The van der Waals surface area contributed by atoms with Crippen LogP contribution in [0.4, 0.5) is 0 Å². The molecular formula is C10H11ClN2O5S. The van der Waals surface area contributed by atoms with Crippen LogP contribution in [-0.4, -0.2) is 39.0 Å². The lowest BCUT2D eigenvalue weighted by Gasteiger charge is -2.07. The van der Waals surface area contributed by atoms with Crippen molar-refractivity contribution in [2.75, 3.05) is 13.6 Å². The maximum Gasteiger partial charge on any atom is 0.337 e. The van der Waals surface area contributed by atoms with Crippen LogP contribution in [0.5, 0.6) is 0 Å². The summed E-state index contributed by atoms with van der Waals surface area (Å²) in [5.74, 6) is -1.76. The second kappa shape index (κ2) is 6.00. The van der Waals surface area contributed by atoms with Crippen molar-refractivity contribution in [3.63, 3.8) is 0 Å². The van der Waals surface area contributed by atoms with E-state index < -0.39 is 28.4 Å². The molecule has 1 aromatic carbocycles. The first kappa shape index (κ1) is 15.4. The molecule has 0 aromatic heterocycles. The Bertz CT molecular complexity index is 614. The first-order valence-electron chi connectivity index (χ1n) is 5.01. The first-order chi connectivity index (χ1) is 8.77. The van der Waals surface area contributed by atoms with E-state index in [2.05, 4.69) is 10.0 Å². The van der Waals surface area contributed by atoms with E-state index in [9.17, 15) is 18.0 Å². The lowest BCUT2D eigenvalue weighted by molar-refractivity contribution is -0.119. The molecule has 19 heavy (non-hydrogen) atoms. The third-order valence-corrected chi connectivity index (χ3v) is 3.89. The molecule has 9 heteroatoms. The number of rotatable bonds is 5. The van der Waals surface area contributed by atoms with E-state index in [0.717, 1.165) is 18.2 Å². The number of carbonyl (C=O) groups excluding carboxylic acids is 1. The van der Waals surface area contributed by atoms with Gasteiger partial charge in [-0.15, -0.1) is 0 Å². The van der Waals surface area contributed by atoms with Crippen molar-refractivity contribution in [1.82, 2.24) is 10.0 Å². The summed E-state index contributed by atoms with van der Waals surface area (Å²) in [6, 6.07) is 3.19. The molecule has 7 nitrogen and oxygen atoms in total. The Kier molecular flexibility index (Phi) is 4.87. The zero-order valence-corrected chi connectivity index (χ0v) is 11.4. The van der Waals surface area contributed by atoms with Crippen LogP contribution in [0.2, 0.25) is 5.02 Å². The number of aromatic carboxylic acids is 1. The van der Waals surface area contributed by atoms with Crippen molar-refractivity contribution in [1.29, 1.82) is 0 Å². The molecule has 0 spiro atoms. The van der Waals surface area contributed by atoms with Crippen LogP contribution < -0.4 is 10.0 Å². The third-order valence-electron chi connectivity index (χ3n) is 2.18. The van der Waals surface area contributed by atoms with Gasteiger partial charge in [0.1, 0.15) is 0 Å². The van der Waals surface area contributed by atoms with Crippen LogP contribution in [-0.2, 0) is 14.8 Å². The highest BCUT2D eigenvalue weighted by Crippen LogP contribution is 2.20. The monoisotopic (exact) mass is 306 g/mol. The molecule has 1 aromatic rings. The van der Waals surface area contributed by atoms with E-state index in [1.54, 1.807) is 0 Å². The third kappa shape index (κ3) is 3.91. The summed E-state index contributed by atoms with van der Waals surface area (Å²) in [7, 11) is -2.55. The van der Waals surface area contributed by atoms with Gasteiger partial charge in [-0.25, -0.2) is 17.9 Å². The van der Waals surface area contributed by atoms with Gasteiger partial charge in [0.15, 0.2) is 0 Å². The van der Waals surface area contributed by atoms with E-state index in [4.69, 9.17) is 16.7 Å². The van der Waals surface area contributed by atoms with Crippen molar-refractivity contribution in [2.45, 2.75) is 4.90 Å². The molecule has 0 fully saturated rings. The van der Waals surface area contributed by atoms with E-state index in [1.165, 1.54) is 7.05 Å². The van der Waals surface area contributed by atoms with Crippen molar-refractivity contribution in [3.05, 3.63) is 28.8 Å². The molecule has 0 bridgehead atoms. The van der Waals surface area contributed by atoms with Crippen molar-refractivity contribution >= 4 is 33.5 Å². The van der Waals surface area contributed by atoms with Crippen LogP contribution in [0, 0.1) is 0 Å². The largest absolute Gasteiger partial charge is 0.478 e. The number of halogens is 1.